The first kappa shape index (κ1) is 24.8. The molecule has 1 unspecified atom stereocenters. The number of hydrogen-bond donors (Lipinski definition) is 2. The Labute approximate surface area is 212 Å². The first-order chi connectivity index (χ1) is 17.2. The second kappa shape index (κ2) is 10.1. The minimum Gasteiger partial charge on any atom is -0.507 e. The standard InChI is InChI=1S/C27H23ClN2O6/c1-15(31)29-18-5-4-6-19(14-18)30-24(16-7-10-20(35-2)11-8-16)23(26(33)27(30)34)25(32)17-9-12-21(28)22(13-17)36-3/h4-14,24,32H,1-3H3,(H,29,31)/b25-23+. The highest BCUT2D eigenvalue weighted by molar-refractivity contribution is 6.51. The van der Waals surface area contributed by atoms with Gasteiger partial charge in [-0.3, -0.25) is 19.3 Å². The number of benzene rings is 3. The molecule has 0 bridgehead atoms. The van der Waals surface area contributed by atoms with Gasteiger partial charge in [0.25, 0.3) is 11.7 Å². The maximum Gasteiger partial charge on any atom is 0.300 e. The van der Waals surface area contributed by atoms with E-state index in [0.717, 1.165) is 0 Å². The van der Waals surface area contributed by atoms with Crippen LogP contribution in [0.5, 0.6) is 11.5 Å². The molecule has 3 aromatic carbocycles. The summed E-state index contributed by atoms with van der Waals surface area (Å²) in [7, 11) is 2.96. The number of rotatable bonds is 6. The van der Waals surface area contributed by atoms with E-state index in [2.05, 4.69) is 5.32 Å². The van der Waals surface area contributed by atoms with Crippen molar-refractivity contribution in [1.29, 1.82) is 0 Å². The summed E-state index contributed by atoms with van der Waals surface area (Å²) in [4.78, 5) is 39.5. The Balaban J connectivity index is 1.92. The van der Waals surface area contributed by atoms with Crippen LogP contribution in [0.4, 0.5) is 11.4 Å². The van der Waals surface area contributed by atoms with Gasteiger partial charge in [0.05, 0.1) is 30.9 Å². The topological polar surface area (TPSA) is 105 Å². The third-order valence-electron chi connectivity index (χ3n) is 5.75. The van der Waals surface area contributed by atoms with E-state index in [0.29, 0.717) is 33.5 Å². The molecule has 0 spiro atoms. The molecule has 0 aliphatic carbocycles. The van der Waals surface area contributed by atoms with Gasteiger partial charge in [-0.2, -0.15) is 0 Å². The van der Waals surface area contributed by atoms with E-state index in [4.69, 9.17) is 21.1 Å². The number of Topliss-reactive ketones (excluding diaryl/α,β-unsaturated/α-hetero) is 1. The van der Waals surface area contributed by atoms with Gasteiger partial charge in [-0.1, -0.05) is 29.8 Å². The Bertz CT molecular complexity index is 1380. The molecule has 36 heavy (non-hydrogen) atoms. The van der Waals surface area contributed by atoms with Gasteiger partial charge in [0.1, 0.15) is 17.3 Å². The number of hydrogen-bond acceptors (Lipinski definition) is 6. The van der Waals surface area contributed by atoms with Crippen molar-refractivity contribution in [2.24, 2.45) is 0 Å². The van der Waals surface area contributed by atoms with Crippen LogP contribution < -0.4 is 19.7 Å². The Morgan fingerprint density at radius 1 is 1.00 bits per heavy atom. The molecule has 1 heterocycles. The smallest absolute Gasteiger partial charge is 0.300 e. The zero-order chi connectivity index (χ0) is 26.0. The van der Waals surface area contributed by atoms with Gasteiger partial charge in [-0.25, -0.2) is 0 Å². The molecule has 3 aromatic rings. The first-order valence-corrected chi connectivity index (χ1v) is 11.3. The molecule has 1 aliphatic heterocycles. The fourth-order valence-corrected chi connectivity index (χ4v) is 4.29. The number of anilines is 2. The summed E-state index contributed by atoms with van der Waals surface area (Å²) in [5.74, 6) is -1.43. The van der Waals surface area contributed by atoms with Gasteiger partial charge in [0, 0.05) is 23.9 Å². The molecule has 1 fully saturated rings. The minimum absolute atomic E-state index is 0.0977. The summed E-state index contributed by atoms with van der Waals surface area (Å²) < 4.78 is 10.5. The molecular formula is C27H23ClN2O6. The van der Waals surface area contributed by atoms with Crippen LogP contribution in [0.15, 0.2) is 72.3 Å². The van der Waals surface area contributed by atoms with Crippen molar-refractivity contribution in [3.05, 3.63) is 88.5 Å². The number of methoxy groups -OCH3 is 2. The van der Waals surface area contributed by atoms with Crippen LogP contribution >= 0.6 is 11.6 Å². The second-order valence-electron chi connectivity index (χ2n) is 8.02. The monoisotopic (exact) mass is 506 g/mol. The van der Waals surface area contributed by atoms with Crippen LogP contribution in [-0.2, 0) is 14.4 Å². The van der Waals surface area contributed by atoms with Crippen LogP contribution in [0.25, 0.3) is 5.76 Å². The minimum atomic E-state index is -0.954. The first-order valence-electron chi connectivity index (χ1n) is 10.9. The molecule has 1 saturated heterocycles. The van der Waals surface area contributed by atoms with E-state index < -0.39 is 17.7 Å². The van der Waals surface area contributed by atoms with Crippen LogP contribution in [0.1, 0.15) is 24.1 Å². The van der Waals surface area contributed by atoms with E-state index in [1.54, 1.807) is 48.5 Å². The lowest BCUT2D eigenvalue weighted by Crippen LogP contribution is -2.29. The summed E-state index contributed by atoms with van der Waals surface area (Å²) in [6.07, 6.45) is 0. The number of aliphatic hydroxyl groups excluding tert-OH is 1. The predicted octanol–water partition coefficient (Wildman–Crippen LogP) is 4.94. The lowest BCUT2D eigenvalue weighted by molar-refractivity contribution is -0.132. The lowest BCUT2D eigenvalue weighted by atomic mass is 9.95. The molecular weight excluding hydrogens is 484 g/mol. The average Bonchev–Trinajstić information content (AvgIpc) is 3.14. The maximum atomic E-state index is 13.3. The van der Waals surface area contributed by atoms with Crippen LogP contribution in [0, 0.1) is 0 Å². The molecule has 8 nitrogen and oxygen atoms in total. The quantitative estimate of drug-likeness (QED) is 0.279. The molecule has 0 saturated carbocycles. The zero-order valence-corrected chi connectivity index (χ0v) is 20.5. The summed E-state index contributed by atoms with van der Waals surface area (Å²) in [6.45, 7) is 1.37. The molecule has 9 heteroatoms. The maximum absolute atomic E-state index is 13.3. The van der Waals surface area contributed by atoms with Gasteiger partial charge in [0.15, 0.2) is 0 Å². The molecule has 0 radical (unpaired) electrons. The molecule has 4 rings (SSSR count). The van der Waals surface area contributed by atoms with E-state index in [1.807, 2.05) is 0 Å². The van der Waals surface area contributed by atoms with Gasteiger partial charge >= 0.3 is 0 Å². The average molecular weight is 507 g/mol. The van der Waals surface area contributed by atoms with Gasteiger partial charge < -0.3 is 19.9 Å². The fourth-order valence-electron chi connectivity index (χ4n) is 4.10. The Kier molecular flexibility index (Phi) is 6.98. The summed E-state index contributed by atoms with van der Waals surface area (Å²) in [6, 6.07) is 17.0. The normalized spacial score (nSPS) is 16.7. The molecule has 2 amide bonds. The van der Waals surface area contributed by atoms with Crippen molar-refractivity contribution < 1.29 is 29.0 Å². The molecule has 1 aliphatic rings. The third-order valence-corrected chi connectivity index (χ3v) is 6.06. The van der Waals surface area contributed by atoms with Crippen molar-refractivity contribution in [3.8, 4) is 11.5 Å². The highest BCUT2D eigenvalue weighted by atomic mass is 35.5. The number of ketones is 1. The van der Waals surface area contributed by atoms with Crippen LogP contribution in [-0.4, -0.2) is 36.9 Å². The molecule has 0 aromatic heterocycles. The number of aliphatic hydroxyl groups is 1. The van der Waals surface area contributed by atoms with Gasteiger partial charge in [0.2, 0.25) is 5.91 Å². The molecule has 2 N–H and O–H groups in total. The lowest BCUT2D eigenvalue weighted by Gasteiger charge is -2.26. The second-order valence-corrected chi connectivity index (χ2v) is 8.43. The number of halogens is 1. The van der Waals surface area contributed by atoms with Crippen LogP contribution in [0.2, 0.25) is 5.02 Å². The van der Waals surface area contributed by atoms with E-state index >= 15 is 0 Å². The molecule has 1 atom stereocenters. The number of nitrogens with zero attached hydrogens (tertiary/aromatic N) is 1. The Morgan fingerprint density at radius 3 is 2.36 bits per heavy atom. The van der Waals surface area contributed by atoms with Crippen molar-refractivity contribution in [2.45, 2.75) is 13.0 Å². The van der Waals surface area contributed by atoms with E-state index in [9.17, 15) is 19.5 Å². The summed E-state index contributed by atoms with van der Waals surface area (Å²) >= 11 is 6.13. The largest absolute Gasteiger partial charge is 0.507 e. The zero-order valence-electron chi connectivity index (χ0n) is 19.7. The highest BCUT2D eigenvalue weighted by Gasteiger charge is 2.47. The highest BCUT2D eigenvalue weighted by Crippen LogP contribution is 2.43. The van der Waals surface area contributed by atoms with E-state index in [1.165, 1.54) is 44.2 Å². The Hall–Kier alpha value is -4.30. The van der Waals surface area contributed by atoms with Crippen molar-refractivity contribution >= 4 is 46.3 Å². The van der Waals surface area contributed by atoms with Crippen molar-refractivity contribution in [1.82, 2.24) is 0 Å². The van der Waals surface area contributed by atoms with Gasteiger partial charge in [-0.15, -0.1) is 0 Å². The number of ether oxygens (including phenoxy) is 2. The van der Waals surface area contributed by atoms with E-state index in [-0.39, 0.29) is 22.8 Å². The number of amides is 2. The van der Waals surface area contributed by atoms with Crippen LogP contribution in [0.3, 0.4) is 0 Å². The fraction of sp³-hybridized carbons (Fsp3) is 0.148. The predicted molar refractivity (Wildman–Crippen MR) is 137 cm³/mol. The van der Waals surface area contributed by atoms with Crippen molar-refractivity contribution in [3.63, 3.8) is 0 Å². The Morgan fingerprint density at radius 2 is 1.72 bits per heavy atom. The number of nitrogens with one attached hydrogen (secondary N) is 1. The number of carbonyl (C=O) groups is 3. The summed E-state index contributed by atoms with van der Waals surface area (Å²) in [5.41, 5.74) is 1.57. The summed E-state index contributed by atoms with van der Waals surface area (Å²) in [5, 5.41) is 14.3. The third kappa shape index (κ3) is 4.63. The number of carbonyl (C=O) groups excluding carboxylic acids is 3. The van der Waals surface area contributed by atoms with Crippen molar-refractivity contribution in [2.75, 3.05) is 24.4 Å². The van der Waals surface area contributed by atoms with Gasteiger partial charge in [-0.05, 0) is 54.1 Å². The molecule has 184 valence electrons. The SMILES string of the molecule is COc1ccc(C2/C(=C(\O)c3ccc(Cl)c(OC)c3)C(=O)C(=O)N2c2cccc(NC(C)=O)c2)cc1.